The number of aromatic amines is 2. The van der Waals surface area contributed by atoms with E-state index in [0.29, 0.717) is 30.9 Å². The molecule has 0 radical (unpaired) electrons. The predicted molar refractivity (Wildman–Crippen MR) is 271 cm³/mol. The molecule has 0 spiro atoms. The number of carbonyl (C=O) groups excluding carboxylic acids is 4. The number of H-pyrrole nitrogens is 2. The fraction of sp³-hybridized carbons (Fsp3) is 0.444. The quantitative estimate of drug-likeness (QED) is 0.0744. The molecule has 8 rings (SSSR count). The highest BCUT2D eigenvalue weighted by molar-refractivity contribution is 8.00. The number of thioether (sulfide) groups is 1. The Kier molecular flexibility index (Phi) is 15.9. The first-order valence-electron chi connectivity index (χ1n) is 24.7. The molecule has 4 N–H and O–H groups in total. The fourth-order valence-electron chi connectivity index (χ4n) is 10.5. The largest absolute Gasteiger partial charge is 0.453 e. The summed E-state index contributed by atoms with van der Waals surface area (Å²) in [6.45, 7) is 10.3. The zero-order valence-corrected chi connectivity index (χ0v) is 42.5. The summed E-state index contributed by atoms with van der Waals surface area (Å²) in [6.07, 6.45) is 12.0. The van der Waals surface area contributed by atoms with Crippen molar-refractivity contribution in [2.45, 2.75) is 114 Å². The molecule has 14 nitrogen and oxygen atoms in total. The van der Waals surface area contributed by atoms with Gasteiger partial charge in [-0.25, -0.2) is 19.6 Å². The van der Waals surface area contributed by atoms with E-state index in [0.717, 1.165) is 83.0 Å². The van der Waals surface area contributed by atoms with Gasteiger partial charge in [0, 0.05) is 34.7 Å². The standard InChI is InChI=1S/C54H63F3N8O6S/c1-30(2)46(62-52(68)70-6)48(66)39-11-8-9-12-40(39)49-58-28-41(60-49)33-14-16-34(17-15-33)43-24-25-44(65(43)36-19-21-37(22-20-36)72-54(55,56)57)35-18-23-38(32(5)27-35)42-29-59-50(61-42)45-13-10-26-64(45)51(67)47(31(3)4)63-53(69)71-7/h14-25,28-32,39-40,45-47H,8-13,26-27H2,1-7H3,(H,58,60)(H,59,61)(H,62,68)(H,63,69)/t32?,39?,40-,45+,46+,47+/m1/s1. The summed E-state index contributed by atoms with van der Waals surface area (Å²) in [6, 6.07) is 16.8. The van der Waals surface area contributed by atoms with E-state index >= 15 is 0 Å². The number of hydrogen-bond donors (Lipinski definition) is 4. The Morgan fingerprint density at radius 3 is 2.00 bits per heavy atom. The number of benzene rings is 2. The van der Waals surface area contributed by atoms with Gasteiger partial charge >= 0.3 is 17.7 Å². The number of methoxy groups -OCH3 is 2. The van der Waals surface area contributed by atoms with E-state index in [4.69, 9.17) is 19.4 Å². The van der Waals surface area contributed by atoms with Crippen molar-refractivity contribution in [2.75, 3.05) is 20.8 Å². The molecule has 2 aromatic carbocycles. The van der Waals surface area contributed by atoms with Gasteiger partial charge in [-0.3, -0.25) is 9.59 Å². The van der Waals surface area contributed by atoms with E-state index in [2.05, 4.69) is 44.2 Å². The second-order valence-corrected chi connectivity index (χ2v) is 20.8. The van der Waals surface area contributed by atoms with Crippen LogP contribution in [0.1, 0.15) is 115 Å². The first-order valence-corrected chi connectivity index (χ1v) is 25.5. The third-order valence-electron chi connectivity index (χ3n) is 14.2. The van der Waals surface area contributed by atoms with Gasteiger partial charge in [0.2, 0.25) is 5.91 Å². The number of alkyl carbamates (subject to hydrolysis) is 2. The van der Waals surface area contributed by atoms with Crippen LogP contribution >= 0.6 is 11.8 Å². The highest BCUT2D eigenvalue weighted by Gasteiger charge is 2.40. The maximum absolute atomic E-state index is 14.0. The average Bonchev–Trinajstić information content (AvgIpc) is 4.22. The molecular formula is C54H63F3N8O6S. The molecule has 3 aromatic heterocycles. The third-order valence-corrected chi connectivity index (χ3v) is 14.9. The maximum atomic E-state index is 14.0. The lowest BCUT2D eigenvalue weighted by molar-refractivity contribution is -0.135. The minimum Gasteiger partial charge on any atom is -0.453 e. The van der Waals surface area contributed by atoms with Gasteiger partial charge in [0.15, 0.2) is 5.78 Å². The Labute approximate surface area is 422 Å². The second kappa shape index (κ2) is 22.1. The van der Waals surface area contributed by atoms with Crippen LogP contribution in [0.15, 0.2) is 90.1 Å². The highest BCUT2D eigenvalue weighted by atomic mass is 32.2. The van der Waals surface area contributed by atoms with Crippen molar-refractivity contribution in [1.29, 1.82) is 0 Å². The SMILES string of the molecule is COC(=O)N[C@H](C(=O)C1CCCC[C@H]1c1ncc(-c2ccc(-c3ccc(C4=CC=C(c5cnc([C@@H]6CCCN6C(=O)[C@@H](NC(=O)OC)C(C)C)[nH]5)C(C)C4)n3-c3ccc(SC(F)(F)F)cc3)cc2)[nH]1)C(C)C. The van der Waals surface area contributed by atoms with Gasteiger partial charge in [0.05, 0.1) is 55.8 Å². The molecule has 2 fully saturated rings. The van der Waals surface area contributed by atoms with E-state index < -0.39 is 29.8 Å². The van der Waals surface area contributed by atoms with Crippen LogP contribution in [0, 0.1) is 23.7 Å². The van der Waals surface area contributed by atoms with Crippen LogP contribution in [-0.2, 0) is 19.1 Å². The van der Waals surface area contributed by atoms with Crippen molar-refractivity contribution in [3.63, 3.8) is 0 Å². The van der Waals surface area contributed by atoms with Crippen molar-refractivity contribution in [3.8, 4) is 28.2 Å². The monoisotopic (exact) mass is 1010 g/mol. The van der Waals surface area contributed by atoms with Crippen LogP contribution < -0.4 is 10.6 Å². The third kappa shape index (κ3) is 11.4. The minimum absolute atomic E-state index is 0.0177. The molecule has 1 saturated heterocycles. The maximum Gasteiger partial charge on any atom is 0.446 e. The topological polar surface area (TPSA) is 176 Å². The lowest BCUT2D eigenvalue weighted by atomic mass is 9.73. The summed E-state index contributed by atoms with van der Waals surface area (Å²) in [7, 11) is 2.56. The fourth-order valence-corrected chi connectivity index (χ4v) is 11.1. The number of imidazole rings is 2. The van der Waals surface area contributed by atoms with E-state index in [-0.39, 0.29) is 64.0 Å². The number of hydrogen-bond acceptors (Lipinski definition) is 9. The van der Waals surface area contributed by atoms with Crippen molar-refractivity contribution in [1.82, 2.24) is 40.0 Å². The number of likely N-dealkylation sites (tertiary alicyclic amines) is 1. The molecule has 18 heteroatoms. The summed E-state index contributed by atoms with van der Waals surface area (Å²) in [5, 5.41) is 5.45. The van der Waals surface area contributed by atoms with Crippen LogP contribution in [0.5, 0.6) is 0 Å². The molecule has 3 aliphatic rings. The van der Waals surface area contributed by atoms with Gasteiger partial charge in [-0.15, -0.1) is 0 Å². The molecule has 382 valence electrons. The molecule has 4 heterocycles. The minimum atomic E-state index is -4.42. The number of Topliss-reactive ketones (excluding diaryl/α,β-unsaturated/α-hetero) is 1. The molecule has 6 atom stereocenters. The number of aromatic nitrogens is 5. The van der Waals surface area contributed by atoms with Gasteiger partial charge < -0.3 is 39.5 Å². The van der Waals surface area contributed by atoms with E-state index in [1.807, 2.05) is 70.3 Å². The summed E-state index contributed by atoms with van der Waals surface area (Å²) < 4.78 is 51.9. The number of amides is 3. The Bertz CT molecular complexity index is 2810. The molecule has 1 aliphatic heterocycles. The molecule has 72 heavy (non-hydrogen) atoms. The van der Waals surface area contributed by atoms with Gasteiger partial charge in [-0.1, -0.05) is 83.9 Å². The number of carbonyl (C=O) groups is 4. The highest BCUT2D eigenvalue weighted by Crippen LogP contribution is 2.43. The molecule has 0 bridgehead atoms. The average molecular weight is 1010 g/mol. The van der Waals surface area contributed by atoms with Crippen molar-refractivity contribution < 1.29 is 41.8 Å². The Morgan fingerprint density at radius 1 is 0.736 bits per heavy atom. The van der Waals surface area contributed by atoms with Crippen molar-refractivity contribution >= 4 is 46.8 Å². The first-order chi connectivity index (χ1) is 34.4. The molecule has 5 aromatic rings. The Balaban J connectivity index is 1.06. The summed E-state index contributed by atoms with van der Waals surface area (Å²) in [4.78, 5) is 70.5. The van der Waals surface area contributed by atoms with Crippen LogP contribution in [0.4, 0.5) is 22.8 Å². The summed E-state index contributed by atoms with van der Waals surface area (Å²) >= 11 is -0.149. The Hall–Kier alpha value is -6.56. The molecule has 2 aliphatic carbocycles. The normalized spacial score (nSPS) is 20.2. The van der Waals surface area contributed by atoms with Crippen LogP contribution in [0.25, 0.3) is 39.3 Å². The number of ketones is 1. The number of alkyl halides is 3. The van der Waals surface area contributed by atoms with E-state index in [1.54, 1.807) is 23.2 Å². The molecular weight excluding hydrogens is 946 g/mol. The van der Waals surface area contributed by atoms with Crippen LogP contribution in [0.2, 0.25) is 0 Å². The second-order valence-electron chi connectivity index (χ2n) is 19.6. The predicted octanol–water partition coefficient (Wildman–Crippen LogP) is 11.6. The number of allylic oxidation sites excluding steroid dienone is 4. The van der Waals surface area contributed by atoms with E-state index in [1.165, 1.54) is 26.4 Å². The van der Waals surface area contributed by atoms with Crippen LogP contribution in [-0.4, -0.2) is 91.6 Å². The number of ether oxygens (including phenoxy) is 2. The molecule has 3 amide bonds. The number of rotatable bonds is 15. The molecule has 2 unspecified atom stereocenters. The van der Waals surface area contributed by atoms with E-state index in [9.17, 15) is 32.3 Å². The van der Waals surface area contributed by atoms with Gasteiger partial charge in [0.25, 0.3) is 0 Å². The van der Waals surface area contributed by atoms with Gasteiger partial charge in [0.1, 0.15) is 17.7 Å². The number of halogens is 3. The van der Waals surface area contributed by atoms with Crippen molar-refractivity contribution in [2.24, 2.45) is 23.7 Å². The number of nitrogens with zero attached hydrogens (tertiary/aromatic N) is 4. The van der Waals surface area contributed by atoms with Gasteiger partial charge in [-0.2, -0.15) is 13.2 Å². The zero-order valence-electron chi connectivity index (χ0n) is 41.6. The van der Waals surface area contributed by atoms with Crippen molar-refractivity contribution in [3.05, 3.63) is 108 Å². The summed E-state index contributed by atoms with van der Waals surface area (Å²) in [5.41, 5.74) is 3.54. The smallest absolute Gasteiger partial charge is 0.446 e. The molecule has 1 saturated carbocycles. The Morgan fingerprint density at radius 2 is 1.35 bits per heavy atom. The summed E-state index contributed by atoms with van der Waals surface area (Å²) in [5.74, 6) is 0.531. The first kappa shape index (κ1) is 51.8. The number of nitrogens with one attached hydrogen (secondary N) is 4. The zero-order chi connectivity index (χ0) is 51.4. The van der Waals surface area contributed by atoms with Crippen LogP contribution in [0.3, 0.4) is 0 Å². The van der Waals surface area contributed by atoms with Gasteiger partial charge in [-0.05, 0) is 120 Å². The lowest BCUT2D eigenvalue weighted by Crippen LogP contribution is -2.51. The lowest BCUT2D eigenvalue weighted by Gasteiger charge is -2.33.